The van der Waals surface area contributed by atoms with Gasteiger partial charge in [-0.25, -0.2) is 0 Å². The molecule has 0 spiro atoms. The first kappa shape index (κ1) is 26.3. The number of halogens is 1. The molecule has 0 saturated heterocycles. The average Bonchev–Trinajstić information content (AvgIpc) is 3.20. The van der Waals surface area contributed by atoms with Crippen molar-refractivity contribution in [1.29, 1.82) is 0 Å². The molecular weight excluding hydrogens is 490 g/mol. The maximum Gasteiger partial charge on any atom is 0.253 e. The van der Waals surface area contributed by atoms with E-state index >= 15 is 0 Å². The largest absolute Gasteiger partial charge is 0.348 e. The van der Waals surface area contributed by atoms with Gasteiger partial charge < -0.3 is 5.32 Å². The Bertz CT molecular complexity index is 1260. The van der Waals surface area contributed by atoms with Crippen LogP contribution in [0.5, 0.6) is 0 Å². The number of carbonyl (C=O) groups excluding carboxylic acids is 1. The Hall–Kier alpha value is -2.80. The van der Waals surface area contributed by atoms with Crippen LogP contribution in [0.25, 0.3) is 0 Å². The number of pyridine rings is 1. The van der Waals surface area contributed by atoms with Crippen LogP contribution in [0.1, 0.15) is 65.6 Å². The van der Waals surface area contributed by atoms with Gasteiger partial charge in [0.25, 0.3) is 5.91 Å². The van der Waals surface area contributed by atoms with Crippen molar-refractivity contribution in [2.24, 2.45) is 5.92 Å². The second-order valence-electron chi connectivity index (χ2n) is 9.33. The summed E-state index contributed by atoms with van der Waals surface area (Å²) in [6.07, 6.45) is 3.60. The average molecular weight is 522 g/mol. The van der Waals surface area contributed by atoms with Gasteiger partial charge in [-0.3, -0.25) is 18.9 Å². The predicted molar refractivity (Wildman–Crippen MR) is 146 cm³/mol. The van der Waals surface area contributed by atoms with Crippen LogP contribution < -0.4 is 5.32 Å². The van der Waals surface area contributed by atoms with Crippen molar-refractivity contribution < 1.29 is 9.00 Å². The maximum absolute atomic E-state index is 13.0. The van der Waals surface area contributed by atoms with Gasteiger partial charge in [-0.2, -0.15) is 0 Å². The number of fused-ring (bicyclic) bond motifs is 1. The molecular formula is C29H32ClN3O2S. The number of amides is 1. The van der Waals surface area contributed by atoms with E-state index in [1.54, 1.807) is 6.20 Å². The quantitative estimate of drug-likeness (QED) is 0.339. The Balaban J connectivity index is 1.52. The van der Waals surface area contributed by atoms with Gasteiger partial charge >= 0.3 is 0 Å². The van der Waals surface area contributed by atoms with Crippen LogP contribution in [0.2, 0.25) is 5.02 Å². The molecule has 1 aliphatic rings. The fraction of sp³-hybridized carbons (Fsp3) is 0.310. The molecule has 0 fully saturated rings. The molecule has 1 N–H and O–H groups in total. The number of hydrogen-bond donors (Lipinski definition) is 1. The summed E-state index contributed by atoms with van der Waals surface area (Å²) in [7, 11) is -0.983. The number of rotatable bonds is 9. The van der Waals surface area contributed by atoms with Gasteiger partial charge in [0.15, 0.2) is 0 Å². The van der Waals surface area contributed by atoms with Crippen molar-refractivity contribution in [3.63, 3.8) is 0 Å². The summed E-state index contributed by atoms with van der Waals surface area (Å²) in [6.45, 7) is 11.5. The van der Waals surface area contributed by atoms with Gasteiger partial charge in [-0.1, -0.05) is 62.7 Å². The van der Waals surface area contributed by atoms with Crippen molar-refractivity contribution in [1.82, 2.24) is 15.2 Å². The Morgan fingerprint density at radius 3 is 2.44 bits per heavy atom. The molecule has 7 heteroatoms. The first-order valence-electron chi connectivity index (χ1n) is 12.2. The zero-order chi connectivity index (χ0) is 25.8. The lowest BCUT2D eigenvalue weighted by Gasteiger charge is -2.31. The van der Waals surface area contributed by atoms with Gasteiger partial charge in [0, 0.05) is 35.0 Å². The zero-order valence-electron chi connectivity index (χ0n) is 20.9. The predicted octanol–water partition coefficient (Wildman–Crippen LogP) is 6.23. The van der Waals surface area contributed by atoms with Crippen molar-refractivity contribution in [3.8, 4) is 0 Å². The lowest BCUT2D eigenvalue weighted by Crippen LogP contribution is -2.28. The molecule has 3 unspecified atom stereocenters. The minimum atomic E-state index is -0.983. The molecule has 0 saturated carbocycles. The van der Waals surface area contributed by atoms with Gasteiger partial charge in [0.2, 0.25) is 0 Å². The van der Waals surface area contributed by atoms with E-state index in [9.17, 15) is 9.00 Å². The van der Waals surface area contributed by atoms with E-state index in [0.29, 0.717) is 28.8 Å². The Morgan fingerprint density at radius 2 is 1.83 bits per heavy atom. The van der Waals surface area contributed by atoms with Crippen LogP contribution in [0.15, 0.2) is 78.3 Å². The SMILES string of the molecule is C=CC1c2cc(C(=O)NCc3ccc(S(=O)CC)cc3)cnc2C(C(C)C)N1Cc1ccc(Cl)cc1. The molecule has 36 heavy (non-hydrogen) atoms. The van der Waals surface area contributed by atoms with Crippen molar-refractivity contribution in [2.75, 3.05) is 5.75 Å². The molecule has 0 aliphatic carbocycles. The topological polar surface area (TPSA) is 62.3 Å². The third kappa shape index (κ3) is 5.61. The summed E-state index contributed by atoms with van der Waals surface area (Å²) in [4.78, 5) is 21.0. The minimum absolute atomic E-state index is 0.0460. The van der Waals surface area contributed by atoms with Crippen LogP contribution in [-0.2, 0) is 23.9 Å². The van der Waals surface area contributed by atoms with E-state index in [-0.39, 0.29) is 18.0 Å². The van der Waals surface area contributed by atoms with Gasteiger partial charge in [0.05, 0.1) is 34.1 Å². The molecule has 0 bridgehead atoms. The molecule has 2 heterocycles. The Labute approximate surface area is 221 Å². The van der Waals surface area contributed by atoms with Crippen LogP contribution in [0.4, 0.5) is 0 Å². The van der Waals surface area contributed by atoms with Gasteiger partial charge in [0.1, 0.15) is 0 Å². The third-order valence-electron chi connectivity index (χ3n) is 6.56. The molecule has 1 aromatic heterocycles. The second-order valence-corrected chi connectivity index (χ2v) is 11.5. The molecule has 0 radical (unpaired) electrons. The summed E-state index contributed by atoms with van der Waals surface area (Å²) >= 11 is 6.08. The lowest BCUT2D eigenvalue weighted by atomic mass is 9.98. The minimum Gasteiger partial charge on any atom is -0.348 e. The van der Waals surface area contributed by atoms with Crippen LogP contribution in [-0.4, -0.2) is 25.8 Å². The van der Waals surface area contributed by atoms with E-state index in [4.69, 9.17) is 16.6 Å². The molecule has 3 aromatic rings. The lowest BCUT2D eigenvalue weighted by molar-refractivity contribution is 0.0950. The van der Waals surface area contributed by atoms with Crippen LogP contribution >= 0.6 is 11.6 Å². The Morgan fingerprint density at radius 1 is 1.17 bits per heavy atom. The Kier molecular flexibility index (Phi) is 8.39. The maximum atomic E-state index is 13.0. The van der Waals surface area contributed by atoms with Crippen molar-refractivity contribution in [2.45, 2.75) is 50.8 Å². The molecule has 4 rings (SSSR count). The van der Waals surface area contributed by atoms with Crippen LogP contribution in [0.3, 0.4) is 0 Å². The highest BCUT2D eigenvalue weighted by atomic mass is 35.5. The monoisotopic (exact) mass is 521 g/mol. The normalized spacial score (nSPS) is 18.1. The first-order valence-corrected chi connectivity index (χ1v) is 13.9. The van der Waals surface area contributed by atoms with E-state index in [0.717, 1.165) is 33.8 Å². The smallest absolute Gasteiger partial charge is 0.253 e. The van der Waals surface area contributed by atoms with E-state index in [2.05, 4.69) is 30.6 Å². The van der Waals surface area contributed by atoms with E-state index < -0.39 is 10.8 Å². The van der Waals surface area contributed by atoms with Gasteiger partial charge in [-0.15, -0.1) is 6.58 Å². The first-order chi connectivity index (χ1) is 17.3. The highest BCUT2D eigenvalue weighted by Crippen LogP contribution is 2.46. The number of hydrogen-bond acceptors (Lipinski definition) is 4. The highest BCUT2D eigenvalue weighted by Gasteiger charge is 2.40. The van der Waals surface area contributed by atoms with E-state index in [1.165, 1.54) is 0 Å². The molecule has 2 aromatic carbocycles. The summed E-state index contributed by atoms with van der Waals surface area (Å²) in [5.74, 6) is 0.742. The van der Waals surface area contributed by atoms with Crippen LogP contribution in [0, 0.1) is 5.92 Å². The second kappa shape index (κ2) is 11.5. The molecule has 1 amide bonds. The van der Waals surface area contributed by atoms with Crippen molar-refractivity contribution >= 4 is 28.3 Å². The zero-order valence-corrected chi connectivity index (χ0v) is 22.5. The fourth-order valence-corrected chi connectivity index (χ4v) is 5.68. The molecule has 3 atom stereocenters. The van der Waals surface area contributed by atoms with Gasteiger partial charge in [-0.05, 0) is 52.9 Å². The number of nitrogens with one attached hydrogen (secondary N) is 1. The highest BCUT2D eigenvalue weighted by molar-refractivity contribution is 7.85. The van der Waals surface area contributed by atoms with E-state index in [1.807, 2.05) is 67.6 Å². The standard InChI is InChI=1S/C29H32ClN3O2S/c1-5-26-25-15-22(29(34)32-16-20-9-13-24(14-10-20)36(35)6-2)17-31-27(25)28(19(3)4)33(26)18-21-7-11-23(30)12-8-21/h5,7-15,17,19,26,28H,1,6,16,18H2,2-4H3,(H,32,34). The summed E-state index contributed by atoms with van der Waals surface area (Å²) < 4.78 is 11.9. The number of benzene rings is 2. The summed E-state index contributed by atoms with van der Waals surface area (Å²) in [5, 5.41) is 3.70. The fourth-order valence-electron chi connectivity index (χ4n) is 4.78. The number of carbonyl (C=O) groups is 1. The summed E-state index contributed by atoms with van der Waals surface area (Å²) in [6, 6.07) is 17.4. The van der Waals surface area contributed by atoms with Crippen molar-refractivity contribution in [3.05, 3.63) is 106 Å². The summed E-state index contributed by atoms with van der Waals surface area (Å²) in [5.41, 5.74) is 4.67. The third-order valence-corrected chi connectivity index (χ3v) is 8.13. The number of nitrogens with zero attached hydrogens (tertiary/aromatic N) is 2. The molecule has 1 aliphatic heterocycles. The molecule has 188 valence electrons. The number of aromatic nitrogens is 1. The molecule has 5 nitrogen and oxygen atoms in total.